The molecule has 1 aromatic heterocycles. The van der Waals surface area contributed by atoms with Crippen LogP contribution in [0.1, 0.15) is 74.4 Å². The van der Waals surface area contributed by atoms with Crippen LogP contribution in [-0.2, 0) is 23.9 Å². The van der Waals surface area contributed by atoms with Crippen LogP contribution < -0.4 is 0 Å². The summed E-state index contributed by atoms with van der Waals surface area (Å²) in [5.41, 5.74) is 0.450. The third-order valence-electron chi connectivity index (χ3n) is 8.88. The Bertz CT molecular complexity index is 1080. The van der Waals surface area contributed by atoms with Crippen molar-refractivity contribution in [2.24, 2.45) is 11.3 Å². The number of hydrogen-bond acceptors (Lipinski definition) is 4. The third-order valence-corrected chi connectivity index (χ3v) is 8.88. The van der Waals surface area contributed by atoms with Crippen LogP contribution in [0.4, 0.5) is 13.2 Å². The van der Waals surface area contributed by atoms with Crippen molar-refractivity contribution in [3.8, 4) is 0 Å². The molecule has 5 nitrogen and oxygen atoms in total. The maximum absolute atomic E-state index is 14.0. The molecule has 2 unspecified atom stereocenters. The zero-order valence-corrected chi connectivity index (χ0v) is 21.1. The van der Waals surface area contributed by atoms with Crippen molar-refractivity contribution >= 4 is 5.91 Å². The molecule has 2 aromatic rings. The first-order valence-corrected chi connectivity index (χ1v) is 13.2. The summed E-state index contributed by atoms with van der Waals surface area (Å²) < 4.78 is 39.8. The normalized spacial score (nSPS) is 25.8. The molecule has 0 radical (unpaired) electrons. The highest BCUT2D eigenvalue weighted by Gasteiger charge is 2.51. The number of likely N-dealkylation sites (tertiary alicyclic amines) is 1. The first kappa shape index (κ1) is 25.2. The van der Waals surface area contributed by atoms with Crippen molar-refractivity contribution < 1.29 is 18.0 Å². The van der Waals surface area contributed by atoms with Gasteiger partial charge in [0.25, 0.3) is 0 Å². The van der Waals surface area contributed by atoms with Gasteiger partial charge in [-0.3, -0.25) is 4.79 Å². The van der Waals surface area contributed by atoms with Crippen molar-refractivity contribution in [2.45, 2.75) is 77.1 Å². The predicted octanol–water partition coefficient (Wildman–Crippen LogP) is 5.45. The van der Waals surface area contributed by atoms with E-state index in [0.29, 0.717) is 30.5 Å². The fourth-order valence-electron chi connectivity index (χ4n) is 6.59. The molecule has 1 amide bonds. The minimum absolute atomic E-state index is 0.121. The average Bonchev–Trinajstić information content (AvgIpc) is 3.35. The minimum Gasteiger partial charge on any atom is -0.338 e. The van der Waals surface area contributed by atoms with Gasteiger partial charge in [0.15, 0.2) is 0 Å². The molecule has 3 heterocycles. The summed E-state index contributed by atoms with van der Waals surface area (Å²) >= 11 is 0. The summed E-state index contributed by atoms with van der Waals surface area (Å²) in [5, 5.41) is 0. The van der Waals surface area contributed by atoms with Gasteiger partial charge in [0.05, 0.1) is 11.0 Å². The van der Waals surface area contributed by atoms with E-state index in [2.05, 4.69) is 28.7 Å². The number of carbonyl (C=O) groups is 1. The highest BCUT2D eigenvalue weighted by molar-refractivity contribution is 5.84. The van der Waals surface area contributed by atoms with E-state index < -0.39 is 17.2 Å². The SMILES string of the molecule is CC(C)C1(C(=O)N2CCc3ccc(C(F)(F)F)cc3C2)CCC(N2CCC(c3ncccn3)CC2)C1. The standard InChI is InChI=1S/C28H35F3N4O/c1-19(2)27(26(36)35-15-7-20-4-5-23(28(29,30)31)16-22(20)18-35)10-6-24(17-27)34-13-8-21(9-14-34)25-32-11-3-12-33-25/h3-5,11-12,16,19,21,24H,6-10,13-15,17-18H2,1-2H3. The number of rotatable bonds is 4. The number of nitrogens with zero attached hydrogens (tertiary/aromatic N) is 4. The summed E-state index contributed by atoms with van der Waals surface area (Å²) in [6, 6.07) is 6.17. The van der Waals surface area contributed by atoms with Crippen molar-refractivity contribution in [1.82, 2.24) is 19.8 Å². The second kappa shape index (κ2) is 9.77. The second-order valence-electron chi connectivity index (χ2n) is 11.1. The average molecular weight is 501 g/mol. The van der Waals surface area contributed by atoms with Crippen molar-refractivity contribution in [1.29, 1.82) is 0 Å². The Balaban J connectivity index is 1.26. The van der Waals surface area contributed by atoms with Gasteiger partial charge in [0.2, 0.25) is 5.91 Å². The van der Waals surface area contributed by atoms with Gasteiger partial charge in [0, 0.05) is 37.4 Å². The van der Waals surface area contributed by atoms with Gasteiger partial charge in [-0.25, -0.2) is 9.97 Å². The number of fused-ring (bicyclic) bond motifs is 1. The van der Waals surface area contributed by atoms with E-state index in [9.17, 15) is 18.0 Å². The largest absolute Gasteiger partial charge is 0.416 e. The fourth-order valence-corrected chi connectivity index (χ4v) is 6.59. The molecule has 8 heteroatoms. The van der Waals surface area contributed by atoms with E-state index in [1.165, 1.54) is 6.07 Å². The van der Waals surface area contributed by atoms with E-state index >= 15 is 0 Å². The maximum atomic E-state index is 14.0. The zero-order chi connectivity index (χ0) is 25.5. The molecule has 1 saturated carbocycles. The minimum atomic E-state index is -4.38. The Hall–Kier alpha value is -2.48. The van der Waals surface area contributed by atoms with Gasteiger partial charge in [-0.1, -0.05) is 19.9 Å². The van der Waals surface area contributed by atoms with Gasteiger partial charge < -0.3 is 9.80 Å². The lowest BCUT2D eigenvalue weighted by molar-refractivity contribution is -0.146. The number of benzene rings is 1. The molecule has 1 aliphatic carbocycles. The number of alkyl halides is 3. The van der Waals surface area contributed by atoms with Crippen molar-refractivity contribution in [2.75, 3.05) is 19.6 Å². The predicted molar refractivity (Wildman–Crippen MR) is 131 cm³/mol. The number of carbonyl (C=O) groups excluding carboxylic acids is 1. The lowest BCUT2D eigenvalue weighted by Gasteiger charge is -2.41. The molecule has 0 spiro atoms. The number of piperidine rings is 1. The van der Waals surface area contributed by atoms with Gasteiger partial charge in [-0.2, -0.15) is 13.2 Å². The summed E-state index contributed by atoms with van der Waals surface area (Å²) in [7, 11) is 0. The molecule has 194 valence electrons. The molecule has 3 aliphatic rings. The van der Waals surface area contributed by atoms with E-state index in [0.717, 1.165) is 62.6 Å². The van der Waals surface area contributed by atoms with Gasteiger partial charge >= 0.3 is 6.18 Å². The van der Waals surface area contributed by atoms with Gasteiger partial charge in [-0.15, -0.1) is 0 Å². The first-order chi connectivity index (χ1) is 17.2. The van der Waals surface area contributed by atoms with Gasteiger partial charge in [0.1, 0.15) is 5.82 Å². The maximum Gasteiger partial charge on any atom is 0.416 e. The first-order valence-electron chi connectivity index (χ1n) is 13.2. The molecule has 36 heavy (non-hydrogen) atoms. The summed E-state index contributed by atoms with van der Waals surface area (Å²) in [4.78, 5) is 27.2. The highest BCUT2D eigenvalue weighted by Crippen LogP contribution is 2.48. The number of hydrogen-bond donors (Lipinski definition) is 0. The molecule has 2 fully saturated rings. The number of aromatic nitrogens is 2. The number of amides is 1. The van der Waals surface area contributed by atoms with Gasteiger partial charge in [-0.05, 0) is 86.9 Å². The lowest BCUT2D eigenvalue weighted by Crippen LogP contribution is -2.48. The van der Waals surface area contributed by atoms with Crippen molar-refractivity contribution in [3.05, 3.63) is 59.2 Å². The topological polar surface area (TPSA) is 49.3 Å². The van der Waals surface area contributed by atoms with Crippen LogP contribution in [0.2, 0.25) is 0 Å². The zero-order valence-electron chi connectivity index (χ0n) is 21.1. The van der Waals surface area contributed by atoms with Crippen molar-refractivity contribution in [3.63, 3.8) is 0 Å². The molecule has 1 aromatic carbocycles. The molecule has 0 N–H and O–H groups in total. The van der Waals surface area contributed by atoms with E-state index in [1.54, 1.807) is 18.5 Å². The van der Waals surface area contributed by atoms with E-state index in [1.807, 2.05) is 11.0 Å². The summed E-state index contributed by atoms with van der Waals surface area (Å²) in [6.07, 6.45) is 4.52. The quantitative estimate of drug-likeness (QED) is 0.560. The van der Waals surface area contributed by atoms with Crippen LogP contribution >= 0.6 is 0 Å². The highest BCUT2D eigenvalue weighted by atomic mass is 19.4. The fraction of sp³-hybridized carbons (Fsp3) is 0.607. The molecule has 0 bridgehead atoms. The third kappa shape index (κ3) is 4.76. The Labute approximate surface area is 211 Å². The Morgan fingerprint density at radius 2 is 1.78 bits per heavy atom. The molecule has 2 atom stereocenters. The van der Waals surface area contributed by atoms with Crippen LogP contribution in [0.5, 0.6) is 0 Å². The molecule has 5 rings (SSSR count). The smallest absolute Gasteiger partial charge is 0.338 e. The van der Waals surface area contributed by atoms with Crippen LogP contribution in [0, 0.1) is 11.3 Å². The second-order valence-corrected chi connectivity index (χ2v) is 11.1. The van der Waals surface area contributed by atoms with E-state index in [-0.39, 0.29) is 18.4 Å². The molecule has 2 aliphatic heterocycles. The molecular formula is C28H35F3N4O. The van der Waals surface area contributed by atoms with Crippen LogP contribution in [0.3, 0.4) is 0 Å². The lowest BCUT2D eigenvalue weighted by atomic mass is 9.73. The summed E-state index contributed by atoms with van der Waals surface area (Å²) in [5.74, 6) is 1.61. The molecular weight excluding hydrogens is 465 g/mol. The molecule has 1 saturated heterocycles. The van der Waals surface area contributed by atoms with Crippen LogP contribution in [0.25, 0.3) is 0 Å². The van der Waals surface area contributed by atoms with Crippen LogP contribution in [-0.4, -0.2) is 51.4 Å². The van der Waals surface area contributed by atoms with E-state index in [4.69, 9.17) is 0 Å². The Kier molecular flexibility index (Phi) is 6.83. The Morgan fingerprint density at radius 3 is 2.44 bits per heavy atom. The monoisotopic (exact) mass is 500 g/mol. The number of halogens is 3. The summed E-state index contributed by atoms with van der Waals surface area (Å²) in [6.45, 7) is 7.04. The van der Waals surface area contributed by atoms with Crippen LogP contribution in [0.15, 0.2) is 36.7 Å². The Morgan fingerprint density at radius 1 is 1.06 bits per heavy atom.